The molecule has 17 heavy (non-hydrogen) atoms. The smallest absolute Gasteiger partial charge is 0.210 e. The summed E-state index contributed by atoms with van der Waals surface area (Å²) in [4.78, 5) is 6.89. The molecule has 0 unspecified atom stereocenters. The van der Waals surface area contributed by atoms with Crippen molar-refractivity contribution in [1.82, 2.24) is 9.97 Å². The van der Waals surface area contributed by atoms with E-state index in [9.17, 15) is 4.39 Å². The number of benzene rings is 1. The Kier molecular flexibility index (Phi) is 2.79. The maximum Gasteiger partial charge on any atom is 0.210 e. The summed E-state index contributed by atoms with van der Waals surface area (Å²) in [5.41, 5.74) is 1.91. The van der Waals surface area contributed by atoms with Gasteiger partial charge in [-0.2, -0.15) is 5.26 Å². The van der Waals surface area contributed by atoms with Crippen LogP contribution < -0.4 is 4.74 Å². The number of hydrogen-bond acceptors (Lipinski definition) is 3. The van der Waals surface area contributed by atoms with Crippen molar-refractivity contribution in [3.63, 3.8) is 0 Å². The molecule has 0 spiro atoms. The van der Waals surface area contributed by atoms with Crippen LogP contribution in [0.5, 0.6) is 5.75 Å². The first-order valence-electron chi connectivity index (χ1n) is 4.96. The van der Waals surface area contributed by atoms with Crippen molar-refractivity contribution in [1.29, 1.82) is 5.26 Å². The van der Waals surface area contributed by atoms with Gasteiger partial charge in [0.25, 0.3) is 0 Å². The molecule has 1 aromatic carbocycles. The van der Waals surface area contributed by atoms with Gasteiger partial charge in [-0.15, -0.1) is 0 Å². The minimum Gasteiger partial charge on any atom is -0.494 e. The van der Waals surface area contributed by atoms with Gasteiger partial charge in [0.05, 0.1) is 12.8 Å². The fourth-order valence-electron chi connectivity index (χ4n) is 1.61. The van der Waals surface area contributed by atoms with E-state index >= 15 is 0 Å². The number of aromatic nitrogens is 2. The zero-order chi connectivity index (χ0) is 12.4. The van der Waals surface area contributed by atoms with Crippen LogP contribution in [0.3, 0.4) is 0 Å². The average Bonchev–Trinajstić information content (AvgIpc) is 2.70. The van der Waals surface area contributed by atoms with Crippen LogP contribution in [0.4, 0.5) is 4.39 Å². The Labute approximate surface area is 97.7 Å². The minimum atomic E-state index is -0.453. The van der Waals surface area contributed by atoms with Gasteiger partial charge in [0, 0.05) is 11.3 Å². The summed E-state index contributed by atoms with van der Waals surface area (Å²) in [7, 11) is 1.41. The highest BCUT2D eigenvalue weighted by atomic mass is 19.1. The van der Waals surface area contributed by atoms with E-state index in [0.717, 1.165) is 5.69 Å². The van der Waals surface area contributed by atoms with Gasteiger partial charge in [-0.25, -0.2) is 9.37 Å². The molecular formula is C12H10FN3O. The van der Waals surface area contributed by atoms with Crippen molar-refractivity contribution >= 4 is 0 Å². The zero-order valence-corrected chi connectivity index (χ0v) is 9.41. The lowest BCUT2D eigenvalue weighted by Gasteiger charge is -2.03. The predicted octanol–water partition coefficient (Wildman–Crippen LogP) is 2.40. The van der Waals surface area contributed by atoms with Gasteiger partial charge >= 0.3 is 0 Å². The lowest BCUT2D eigenvalue weighted by Crippen LogP contribution is -1.89. The van der Waals surface area contributed by atoms with Crippen LogP contribution in [0.15, 0.2) is 18.2 Å². The number of H-pyrrole nitrogens is 1. The molecule has 1 N–H and O–H groups in total. The highest BCUT2D eigenvalue weighted by Gasteiger charge is 2.11. The molecule has 0 atom stereocenters. The molecule has 0 radical (unpaired) electrons. The molecule has 0 aliphatic carbocycles. The number of nitrogens with one attached hydrogen (secondary N) is 1. The first kappa shape index (κ1) is 11.1. The molecule has 0 saturated heterocycles. The number of methoxy groups -OCH3 is 1. The highest BCUT2D eigenvalue weighted by molar-refractivity contribution is 5.63. The van der Waals surface area contributed by atoms with Crippen LogP contribution in [-0.4, -0.2) is 17.1 Å². The van der Waals surface area contributed by atoms with E-state index in [1.54, 1.807) is 13.0 Å². The molecule has 0 saturated carbocycles. The fraction of sp³-hybridized carbons (Fsp3) is 0.167. The van der Waals surface area contributed by atoms with E-state index in [1.807, 2.05) is 6.07 Å². The topological polar surface area (TPSA) is 61.7 Å². The van der Waals surface area contributed by atoms with Crippen LogP contribution in [0.1, 0.15) is 11.5 Å². The lowest BCUT2D eigenvalue weighted by molar-refractivity contribution is 0.386. The largest absolute Gasteiger partial charge is 0.494 e. The Morgan fingerprint density at radius 3 is 2.76 bits per heavy atom. The third-order valence-electron chi connectivity index (χ3n) is 2.42. The van der Waals surface area contributed by atoms with Crippen LogP contribution in [-0.2, 0) is 0 Å². The number of nitrogens with zero attached hydrogens (tertiary/aromatic N) is 2. The fourth-order valence-corrected chi connectivity index (χ4v) is 1.61. The van der Waals surface area contributed by atoms with Crippen LogP contribution in [0, 0.1) is 24.1 Å². The molecule has 2 aromatic rings. The van der Waals surface area contributed by atoms with E-state index in [2.05, 4.69) is 9.97 Å². The number of rotatable bonds is 2. The highest BCUT2D eigenvalue weighted by Crippen LogP contribution is 2.26. The van der Waals surface area contributed by atoms with Gasteiger partial charge in [-0.05, 0) is 25.1 Å². The summed E-state index contributed by atoms with van der Waals surface area (Å²) < 4.78 is 18.4. The maximum absolute atomic E-state index is 13.5. The molecule has 5 heteroatoms. The molecule has 4 nitrogen and oxygen atoms in total. The van der Waals surface area contributed by atoms with E-state index in [4.69, 9.17) is 10.00 Å². The number of aryl methyl sites for hydroxylation is 1. The molecule has 0 aliphatic rings. The van der Waals surface area contributed by atoms with E-state index in [1.165, 1.54) is 19.2 Å². The molecule has 0 fully saturated rings. The molecule has 0 bridgehead atoms. The van der Waals surface area contributed by atoms with Crippen LogP contribution in [0.2, 0.25) is 0 Å². The Hall–Kier alpha value is -2.35. The molecule has 0 amide bonds. The van der Waals surface area contributed by atoms with Gasteiger partial charge < -0.3 is 9.72 Å². The van der Waals surface area contributed by atoms with E-state index in [0.29, 0.717) is 11.3 Å². The van der Waals surface area contributed by atoms with Gasteiger partial charge in [-0.1, -0.05) is 0 Å². The molecule has 2 rings (SSSR count). The third kappa shape index (κ3) is 1.97. The standard InChI is InChI=1S/C12H10FN3O/c1-7-12(16-11(6-14)15-7)8-3-4-10(17-2)9(13)5-8/h3-5H,1-2H3,(H,15,16). The second kappa shape index (κ2) is 4.26. The lowest BCUT2D eigenvalue weighted by atomic mass is 10.1. The third-order valence-corrected chi connectivity index (χ3v) is 2.42. The Morgan fingerprint density at radius 2 is 2.24 bits per heavy atom. The monoisotopic (exact) mass is 231 g/mol. The van der Waals surface area contributed by atoms with Gasteiger partial charge in [0.1, 0.15) is 6.07 Å². The Bertz CT molecular complexity index is 598. The molecular weight excluding hydrogens is 221 g/mol. The summed E-state index contributed by atoms with van der Waals surface area (Å²) in [6.45, 7) is 1.78. The molecule has 1 heterocycles. The first-order valence-corrected chi connectivity index (χ1v) is 4.96. The summed E-state index contributed by atoms with van der Waals surface area (Å²) in [5, 5.41) is 8.72. The summed E-state index contributed by atoms with van der Waals surface area (Å²) in [5.74, 6) is -0.0536. The zero-order valence-electron chi connectivity index (χ0n) is 9.41. The van der Waals surface area contributed by atoms with Crippen molar-refractivity contribution in [2.24, 2.45) is 0 Å². The molecule has 1 aromatic heterocycles. The number of imidazole rings is 1. The van der Waals surface area contributed by atoms with Crippen molar-refractivity contribution in [2.75, 3.05) is 7.11 Å². The van der Waals surface area contributed by atoms with Gasteiger partial charge in [0.15, 0.2) is 11.6 Å². The van der Waals surface area contributed by atoms with Gasteiger partial charge in [0.2, 0.25) is 5.82 Å². The predicted molar refractivity (Wildman–Crippen MR) is 60.0 cm³/mol. The van der Waals surface area contributed by atoms with Crippen LogP contribution in [0.25, 0.3) is 11.3 Å². The Morgan fingerprint density at radius 1 is 1.47 bits per heavy atom. The number of halogens is 1. The minimum absolute atomic E-state index is 0.183. The molecule has 86 valence electrons. The SMILES string of the molecule is COc1ccc(-c2nc(C#N)[nH]c2C)cc1F. The second-order valence-electron chi connectivity index (χ2n) is 3.52. The maximum atomic E-state index is 13.5. The number of hydrogen-bond donors (Lipinski definition) is 1. The average molecular weight is 231 g/mol. The molecule has 0 aliphatic heterocycles. The van der Waals surface area contributed by atoms with Crippen molar-refractivity contribution in [3.05, 3.63) is 35.5 Å². The van der Waals surface area contributed by atoms with E-state index < -0.39 is 5.82 Å². The number of ether oxygens (including phenoxy) is 1. The first-order chi connectivity index (χ1) is 8.15. The second-order valence-corrected chi connectivity index (χ2v) is 3.52. The van der Waals surface area contributed by atoms with E-state index in [-0.39, 0.29) is 11.6 Å². The summed E-state index contributed by atoms with van der Waals surface area (Å²) in [6, 6.07) is 6.48. The van der Waals surface area contributed by atoms with Crippen LogP contribution >= 0.6 is 0 Å². The summed E-state index contributed by atoms with van der Waals surface area (Å²) >= 11 is 0. The normalized spacial score (nSPS) is 10.0. The number of aromatic amines is 1. The Balaban J connectivity index is 2.50. The van der Waals surface area contributed by atoms with Crippen molar-refractivity contribution in [2.45, 2.75) is 6.92 Å². The number of nitriles is 1. The van der Waals surface area contributed by atoms with Gasteiger partial charge in [-0.3, -0.25) is 0 Å². The van der Waals surface area contributed by atoms with Crippen molar-refractivity contribution in [3.8, 4) is 23.1 Å². The summed E-state index contributed by atoms with van der Waals surface area (Å²) in [6.07, 6.45) is 0. The van der Waals surface area contributed by atoms with Crippen molar-refractivity contribution < 1.29 is 9.13 Å². The quantitative estimate of drug-likeness (QED) is 0.863.